The van der Waals surface area contributed by atoms with Crippen LogP contribution in [0.25, 0.3) is 0 Å². The maximum Gasteiger partial charge on any atom is 0.191 e. The van der Waals surface area contributed by atoms with Crippen molar-refractivity contribution in [2.24, 2.45) is 4.99 Å². The van der Waals surface area contributed by atoms with Crippen LogP contribution >= 0.6 is 0 Å². The number of benzene rings is 1. The van der Waals surface area contributed by atoms with Crippen LogP contribution < -0.4 is 20.1 Å². The number of aliphatic imine (C=N–C) groups is 1. The summed E-state index contributed by atoms with van der Waals surface area (Å²) in [5, 5.41) is 6.79. The second-order valence-electron chi connectivity index (χ2n) is 7.04. The maximum atomic E-state index is 5.78. The monoisotopic (exact) mass is 400 g/mol. The number of guanidine groups is 1. The van der Waals surface area contributed by atoms with Crippen LogP contribution in [0.4, 0.5) is 0 Å². The van der Waals surface area contributed by atoms with E-state index in [9.17, 15) is 0 Å². The predicted molar refractivity (Wildman–Crippen MR) is 115 cm³/mol. The average molecular weight is 401 g/mol. The van der Waals surface area contributed by atoms with E-state index in [4.69, 9.17) is 13.9 Å². The molecule has 7 heteroatoms. The van der Waals surface area contributed by atoms with Crippen LogP contribution in [-0.2, 0) is 0 Å². The Morgan fingerprint density at radius 3 is 2.72 bits per heavy atom. The van der Waals surface area contributed by atoms with E-state index in [0.717, 1.165) is 55.8 Å². The molecule has 0 saturated carbocycles. The van der Waals surface area contributed by atoms with Gasteiger partial charge in [-0.15, -0.1) is 0 Å². The van der Waals surface area contributed by atoms with Gasteiger partial charge in [0.2, 0.25) is 0 Å². The fourth-order valence-corrected chi connectivity index (χ4v) is 3.52. The average Bonchev–Trinajstić information content (AvgIpc) is 3.47. The number of nitrogens with one attached hydrogen (secondary N) is 2. The molecule has 7 nitrogen and oxygen atoms in total. The van der Waals surface area contributed by atoms with Crippen LogP contribution in [0.15, 0.2) is 52.1 Å². The summed E-state index contributed by atoms with van der Waals surface area (Å²) >= 11 is 0. The van der Waals surface area contributed by atoms with Crippen molar-refractivity contribution in [3.8, 4) is 11.5 Å². The maximum absolute atomic E-state index is 5.78. The Kier molecular flexibility index (Phi) is 8.25. The molecule has 0 radical (unpaired) electrons. The fraction of sp³-hybridized carbons (Fsp3) is 0.500. The summed E-state index contributed by atoms with van der Waals surface area (Å²) in [6, 6.07) is 11.9. The summed E-state index contributed by atoms with van der Waals surface area (Å²) in [6.45, 7) is 4.38. The van der Waals surface area contributed by atoms with E-state index >= 15 is 0 Å². The highest BCUT2D eigenvalue weighted by Gasteiger charge is 2.25. The van der Waals surface area contributed by atoms with Crippen LogP contribution in [0.1, 0.15) is 31.1 Å². The molecule has 1 fully saturated rings. The van der Waals surface area contributed by atoms with Gasteiger partial charge in [-0.1, -0.05) is 6.07 Å². The number of hydrogen-bond acceptors (Lipinski definition) is 5. The zero-order valence-electron chi connectivity index (χ0n) is 17.4. The van der Waals surface area contributed by atoms with Gasteiger partial charge in [-0.05, 0) is 56.6 Å². The van der Waals surface area contributed by atoms with E-state index in [1.807, 2.05) is 30.3 Å². The van der Waals surface area contributed by atoms with E-state index < -0.39 is 0 Å². The molecule has 0 amide bonds. The first-order chi connectivity index (χ1) is 14.3. The summed E-state index contributed by atoms with van der Waals surface area (Å²) in [5.74, 6) is 3.41. The molecular weight excluding hydrogens is 368 g/mol. The lowest BCUT2D eigenvalue weighted by Gasteiger charge is -2.26. The summed E-state index contributed by atoms with van der Waals surface area (Å²) < 4.78 is 16.7. The summed E-state index contributed by atoms with van der Waals surface area (Å²) in [6.07, 6.45) is 5.11. The Labute approximate surface area is 173 Å². The van der Waals surface area contributed by atoms with E-state index in [-0.39, 0.29) is 6.04 Å². The number of hydrogen-bond donors (Lipinski definition) is 2. The normalized spacial score (nSPS) is 15.9. The van der Waals surface area contributed by atoms with Crippen molar-refractivity contribution in [2.45, 2.75) is 25.3 Å². The molecule has 1 saturated heterocycles. The number of nitrogens with zero attached hydrogens (tertiary/aromatic N) is 2. The van der Waals surface area contributed by atoms with Gasteiger partial charge in [-0.2, -0.15) is 0 Å². The number of methoxy groups -OCH3 is 1. The lowest BCUT2D eigenvalue weighted by atomic mass is 10.2. The van der Waals surface area contributed by atoms with Crippen molar-refractivity contribution >= 4 is 5.96 Å². The van der Waals surface area contributed by atoms with Gasteiger partial charge in [0, 0.05) is 26.2 Å². The molecule has 1 aromatic heterocycles. The van der Waals surface area contributed by atoms with E-state index in [2.05, 4.69) is 26.6 Å². The molecule has 1 unspecified atom stereocenters. The second kappa shape index (κ2) is 11.4. The molecule has 0 aliphatic carbocycles. The standard InChI is InChI=1S/C22H32N4O3/c1-23-22(24-11-7-15-28-19-9-5-8-18(16-19)27-2)25-17-20(21-10-6-14-29-21)26-12-3-4-13-26/h5-6,8-10,14,16,20H,3-4,7,11-13,15,17H2,1-2H3,(H2,23,24,25). The number of furan rings is 1. The Morgan fingerprint density at radius 2 is 2.00 bits per heavy atom. The minimum absolute atomic E-state index is 0.224. The largest absolute Gasteiger partial charge is 0.497 e. The molecule has 2 heterocycles. The first-order valence-corrected chi connectivity index (χ1v) is 10.3. The van der Waals surface area contributed by atoms with Gasteiger partial charge < -0.3 is 24.5 Å². The van der Waals surface area contributed by atoms with Gasteiger partial charge in [0.15, 0.2) is 5.96 Å². The number of rotatable bonds is 10. The molecule has 3 rings (SSSR count). The fourth-order valence-electron chi connectivity index (χ4n) is 3.52. The first-order valence-electron chi connectivity index (χ1n) is 10.3. The molecule has 2 aromatic rings. The lowest BCUT2D eigenvalue weighted by molar-refractivity contribution is 0.215. The summed E-state index contributed by atoms with van der Waals surface area (Å²) in [5.41, 5.74) is 0. The topological polar surface area (TPSA) is 71.3 Å². The lowest BCUT2D eigenvalue weighted by Crippen LogP contribution is -2.43. The quantitative estimate of drug-likeness (QED) is 0.363. The Morgan fingerprint density at radius 1 is 1.17 bits per heavy atom. The molecule has 158 valence electrons. The van der Waals surface area contributed by atoms with Gasteiger partial charge >= 0.3 is 0 Å². The van der Waals surface area contributed by atoms with Crippen molar-refractivity contribution in [3.63, 3.8) is 0 Å². The zero-order chi connectivity index (χ0) is 20.3. The third kappa shape index (κ3) is 6.42. The zero-order valence-corrected chi connectivity index (χ0v) is 17.4. The van der Waals surface area contributed by atoms with Crippen LogP contribution in [0, 0.1) is 0 Å². The molecule has 1 atom stereocenters. The van der Waals surface area contributed by atoms with Gasteiger partial charge in [-0.25, -0.2) is 0 Å². The third-order valence-corrected chi connectivity index (χ3v) is 5.06. The van der Waals surface area contributed by atoms with E-state index in [1.54, 1.807) is 20.4 Å². The van der Waals surface area contributed by atoms with Gasteiger partial charge in [0.05, 0.1) is 26.0 Å². The smallest absolute Gasteiger partial charge is 0.191 e. The highest BCUT2D eigenvalue weighted by Crippen LogP contribution is 2.24. The summed E-state index contributed by atoms with van der Waals surface area (Å²) in [4.78, 5) is 6.81. The summed E-state index contributed by atoms with van der Waals surface area (Å²) in [7, 11) is 3.45. The number of likely N-dealkylation sites (tertiary alicyclic amines) is 1. The molecule has 0 bridgehead atoms. The minimum atomic E-state index is 0.224. The first kappa shape index (κ1) is 21.0. The van der Waals surface area contributed by atoms with Crippen LogP contribution in [0.3, 0.4) is 0 Å². The molecule has 1 aliphatic heterocycles. The van der Waals surface area contributed by atoms with Crippen LogP contribution in [0.5, 0.6) is 11.5 Å². The van der Waals surface area contributed by atoms with Crippen molar-refractivity contribution < 1.29 is 13.9 Å². The second-order valence-corrected chi connectivity index (χ2v) is 7.04. The highest BCUT2D eigenvalue weighted by molar-refractivity contribution is 5.79. The van der Waals surface area contributed by atoms with Crippen molar-refractivity contribution in [3.05, 3.63) is 48.4 Å². The van der Waals surface area contributed by atoms with Crippen molar-refractivity contribution in [1.82, 2.24) is 15.5 Å². The van der Waals surface area contributed by atoms with E-state index in [0.29, 0.717) is 6.61 Å². The molecular formula is C22H32N4O3. The van der Waals surface area contributed by atoms with Gasteiger partial charge in [0.1, 0.15) is 17.3 Å². The van der Waals surface area contributed by atoms with E-state index in [1.165, 1.54) is 12.8 Å². The Bertz CT molecular complexity index is 742. The predicted octanol–water partition coefficient (Wildman–Crippen LogP) is 3.06. The van der Waals surface area contributed by atoms with Crippen molar-refractivity contribution in [1.29, 1.82) is 0 Å². The molecule has 2 N–H and O–H groups in total. The molecule has 1 aliphatic rings. The van der Waals surface area contributed by atoms with Crippen LogP contribution in [0.2, 0.25) is 0 Å². The number of ether oxygens (including phenoxy) is 2. The molecule has 29 heavy (non-hydrogen) atoms. The third-order valence-electron chi connectivity index (χ3n) is 5.06. The highest BCUT2D eigenvalue weighted by atomic mass is 16.5. The van der Waals surface area contributed by atoms with Crippen LogP contribution in [-0.4, -0.2) is 57.8 Å². The minimum Gasteiger partial charge on any atom is -0.497 e. The molecule has 1 aromatic carbocycles. The molecule has 0 spiro atoms. The van der Waals surface area contributed by atoms with Crippen molar-refractivity contribution in [2.75, 3.05) is 46.9 Å². The Hall–Kier alpha value is -2.67. The van der Waals surface area contributed by atoms with Gasteiger partial charge in [-0.3, -0.25) is 9.89 Å². The van der Waals surface area contributed by atoms with Gasteiger partial charge in [0.25, 0.3) is 0 Å². The SMILES string of the molecule is CN=C(NCCCOc1cccc(OC)c1)NCC(c1ccco1)N1CCCC1. The Balaban J connectivity index is 1.39.